The van der Waals surface area contributed by atoms with Crippen molar-refractivity contribution < 1.29 is 4.42 Å². The lowest BCUT2D eigenvalue weighted by Gasteiger charge is -2.41. The number of oxazole rings is 1. The van der Waals surface area contributed by atoms with Gasteiger partial charge in [0.25, 0.3) is 6.01 Å². The molecular weight excluding hydrogens is 264 g/mol. The van der Waals surface area contributed by atoms with E-state index in [4.69, 9.17) is 4.42 Å². The molecule has 2 unspecified atom stereocenters. The molecule has 0 amide bonds. The van der Waals surface area contributed by atoms with Crippen molar-refractivity contribution in [3.63, 3.8) is 0 Å². The summed E-state index contributed by atoms with van der Waals surface area (Å²) in [6.07, 6.45) is 4.43. The summed E-state index contributed by atoms with van der Waals surface area (Å²) in [5, 5.41) is 3.45. The van der Waals surface area contributed by atoms with Gasteiger partial charge in [-0.1, -0.05) is 0 Å². The van der Waals surface area contributed by atoms with Crippen LogP contribution in [0.5, 0.6) is 0 Å². The smallest absolute Gasteiger partial charge is 0.297 e. The molecule has 2 aliphatic heterocycles. The van der Waals surface area contributed by atoms with Gasteiger partial charge in [0.1, 0.15) is 6.26 Å². The van der Waals surface area contributed by atoms with Gasteiger partial charge < -0.3 is 14.6 Å². The molecule has 3 heterocycles. The largest absolute Gasteiger partial charge is 0.432 e. The number of aromatic nitrogens is 1. The zero-order valence-electron chi connectivity index (χ0n) is 13.7. The molecule has 0 bridgehead atoms. The van der Waals surface area contributed by atoms with E-state index in [0.717, 1.165) is 31.3 Å². The Hall–Kier alpha value is -1.07. The summed E-state index contributed by atoms with van der Waals surface area (Å²) in [5.74, 6) is 0. The van der Waals surface area contributed by atoms with Crippen LogP contribution in [0.4, 0.5) is 6.01 Å². The van der Waals surface area contributed by atoms with Crippen molar-refractivity contribution >= 4 is 6.01 Å². The van der Waals surface area contributed by atoms with Crippen LogP contribution in [-0.2, 0) is 6.54 Å². The van der Waals surface area contributed by atoms with E-state index in [1.807, 2.05) is 0 Å². The molecule has 2 saturated heterocycles. The van der Waals surface area contributed by atoms with E-state index >= 15 is 0 Å². The van der Waals surface area contributed by atoms with Gasteiger partial charge in [0.05, 0.1) is 5.69 Å². The standard InChI is InChI=1S/C16H28N4O/c1-12-9-19-7-5-6-14(19)10-20(12)15-18-13(11-21-15)8-17-16(2,3)4/h11-12,14,17H,5-10H2,1-4H3. The maximum atomic E-state index is 5.74. The quantitative estimate of drug-likeness (QED) is 0.925. The second kappa shape index (κ2) is 5.61. The van der Waals surface area contributed by atoms with Crippen molar-refractivity contribution in [2.24, 2.45) is 0 Å². The zero-order valence-corrected chi connectivity index (χ0v) is 13.7. The molecule has 5 heteroatoms. The summed E-state index contributed by atoms with van der Waals surface area (Å²) in [7, 11) is 0. The van der Waals surface area contributed by atoms with Crippen LogP contribution < -0.4 is 10.2 Å². The van der Waals surface area contributed by atoms with Crippen LogP contribution in [0, 0.1) is 0 Å². The molecule has 2 aliphatic rings. The zero-order chi connectivity index (χ0) is 15.0. The monoisotopic (exact) mass is 292 g/mol. The van der Waals surface area contributed by atoms with Gasteiger partial charge in [0, 0.05) is 37.3 Å². The highest BCUT2D eigenvalue weighted by molar-refractivity contribution is 5.31. The minimum atomic E-state index is 0.0991. The molecule has 0 radical (unpaired) electrons. The first-order valence-electron chi connectivity index (χ1n) is 8.12. The summed E-state index contributed by atoms with van der Waals surface area (Å²) >= 11 is 0. The van der Waals surface area contributed by atoms with Crippen LogP contribution in [0.3, 0.4) is 0 Å². The third-order valence-electron chi connectivity index (χ3n) is 4.52. The van der Waals surface area contributed by atoms with Crippen molar-refractivity contribution in [1.82, 2.24) is 15.2 Å². The summed E-state index contributed by atoms with van der Waals surface area (Å²) in [5.41, 5.74) is 1.09. The molecule has 21 heavy (non-hydrogen) atoms. The van der Waals surface area contributed by atoms with Gasteiger partial charge in [-0.3, -0.25) is 4.90 Å². The molecule has 1 aromatic heterocycles. The molecular formula is C16H28N4O. The highest BCUT2D eigenvalue weighted by atomic mass is 16.4. The minimum Gasteiger partial charge on any atom is -0.432 e. The molecule has 0 aliphatic carbocycles. The van der Waals surface area contributed by atoms with E-state index < -0.39 is 0 Å². The number of hydrogen-bond donors (Lipinski definition) is 1. The Morgan fingerprint density at radius 1 is 1.38 bits per heavy atom. The Bertz CT molecular complexity index is 479. The number of nitrogens with one attached hydrogen (secondary N) is 1. The highest BCUT2D eigenvalue weighted by Crippen LogP contribution is 2.28. The summed E-state index contributed by atoms with van der Waals surface area (Å²) in [6, 6.07) is 1.95. The Labute approximate surface area is 127 Å². The average Bonchev–Trinajstić information content (AvgIpc) is 3.02. The lowest BCUT2D eigenvalue weighted by Crippen LogP contribution is -2.55. The first-order chi connectivity index (χ1) is 9.92. The van der Waals surface area contributed by atoms with Crippen molar-refractivity contribution in [3.05, 3.63) is 12.0 Å². The molecule has 5 nitrogen and oxygen atoms in total. The highest BCUT2D eigenvalue weighted by Gasteiger charge is 2.36. The maximum Gasteiger partial charge on any atom is 0.297 e. The molecule has 118 valence electrons. The number of fused-ring (bicyclic) bond motifs is 1. The van der Waals surface area contributed by atoms with E-state index in [1.54, 1.807) is 6.26 Å². The minimum absolute atomic E-state index is 0.0991. The fourth-order valence-electron chi connectivity index (χ4n) is 3.32. The Kier molecular flexibility index (Phi) is 3.97. The van der Waals surface area contributed by atoms with Gasteiger partial charge in [-0.2, -0.15) is 4.98 Å². The maximum absolute atomic E-state index is 5.74. The summed E-state index contributed by atoms with van der Waals surface area (Å²) in [6.45, 7) is 12.9. The second-order valence-electron chi connectivity index (χ2n) is 7.52. The van der Waals surface area contributed by atoms with Crippen LogP contribution in [0.25, 0.3) is 0 Å². The molecule has 2 fully saturated rings. The first kappa shape index (κ1) is 14.9. The Balaban J connectivity index is 1.65. The number of nitrogens with zero attached hydrogens (tertiary/aromatic N) is 3. The molecule has 0 saturated carbocycles. The van der Waals surface area contributed by atoms with Crippen molar-refractivity contribution in [2.45, 2.75) is 64.7 Å². The van der Waals surface area contributed by atoms with E-state index in [0.29, 0.717) is 12.1 Å². The Morgan fingerprint density at radius 3 is 2.95 bits per heavy atom. The second-order valence-corrected chi connectivity index (χ2v) is 7.52. The van der Waals surface area contributed by atoms with Crippen LogP contribution in [0.1, 0.15) is 46.2 Å². The number of rotatable bonds is 3. The van der Waals surface area contributed by atoms with Crippen LogP contribution in [-0.4, -0.2) is 47.1 Å². The van der Waals surface area contributed by atoms with Gasteiger partial charge in [0.15, 0.2) is 0 Å². The number of anilines is 1. The SMILES string of the molecule is CC1CN2CCCC2CN1c1nc(CNC(C)(C)C)co1. The molecule has 0 aromatic carbocycles. The van der Waals surface area contributed by atoms with Crippen LogP contribution in [0.2, 0.25) is 0 Å². The normalized spacial score (nSPS) is 27.1. The summed E-state index contributed by atoms with van der Waals surface area (Å²) < 4.78 is 5.74. The first-order valence-corrected chi connectivity index (χ1v) is 8.12. The van der Waals surface area contributed by atoms with E-state index in [9.17, 15) is 0 Å². The van der Waals surface area contributed by atoms with Crippen LogP contribution >= 0.6 is 0 Å². The molecule has 1 N–H and O–H groups in total. The predicted molar refractivity (Wildman–Crippen MR) is 84.5 cm³/mol. The predicted octanol–water partition coefficient (Wildman–Crippen LogP) is 2.24. The van der Waals surface area contributed by atoms with Crippen molar-refractivity contribution in [1.29, 1.82) is 0 Å². The molecule has 0 spiro atoms. The van der Waals surface area contributed by atoms with Crippen molar-refractivity contribution in [3.8, 4) is 0 Å². The number of hydrogen-bond acceptors (Lipinski definition) is 5. The lowest BCUT2D eigenvalue weighted by atomic mass is 10.1. The summed E-state index contributed by atoms with van der Waals surface area (Å²) in [4.78, 5) is 9.64. The van der Waals surface area contributed by atoms with Gasteiger partial charge >= 0.3 is 0 Å². The van der Waals surface area contributed by atoms with Gasteiger partial charge in [-0.25, -0.2) is 0 Å². The van der Waals surface area contributed by atoms with Gasteiger partial charge in [0.2, 0.25) is 0 Å². The fourth-order valence-corrected chi connectivity index (χ4v) is 3.32. The molecule has 2 atom stereocenters. The van der Waals surface area contributed by atoms with Crippen LogP contribution in [0.15, 0.2) is 10.7 Å². The average molecular weight is 292 g/mol. The molecule has 3 rings (SSSR count). The number of piperazine rings is 1. The van der Waals surface area contributed by atoms with E-state index in [-0.39, 0.29) is 5.54 Å². The van der Waals surface area contributed by atoms with Gasteiger partial charge in [-0.15, -0.1) is 0 Å². The topological polar surface area (TPSA) is 44.5 Å². The third-order valence-corrected chi connectivity index (χ3v) is 4.52. The fraction of sp³-hybridized carbons (Fsp3) is 0.812. The third kappa shape index (κ3) is 3.40. The lowest BCUT2D eigenvalue weighted by molar-refractivity contribution is 0.197. The van der Waals surface area contributed by atoms with E-state index in [2.05, 4.69) is 47.8 Å². The van der Waals surface area contributed by atoms with E-state index in [1.165, 1.54) is 19.4 Å². The van der Waals surface area contributed by atoms with Crippen molar-refractivity contribution in [2.75, 3.05) is 24.5 Å². The Morgan fingerprint density at radius 2 is 2.19 bits per heavy atom. The molecule has 1 aromatic rings. The van der Waals surface area contributed by atoms with Gasteiger partial charge in [-0.05, 0) is 47.1 Å².